The Balaban J connectivity index is 2.15. The Kier molecular flexibility index (Phi) is 5.61. The highest BCUT2D eigenvalue weighted by atomic mass is 19.1. The molecule has 0 spiro atoms. The fourth-order valence-electron chi connectivity index (χ4n) is 2.15. The first-order chi connectivity index (χ1) is 7.24. The van der Waals surface area contributed by atoms with Crippen molar-refractivity contribution in [3.63, 3.8) is 0 Å². The molecule has 0 saturated carbocycles. The molecule has 88 valence electrons. The van der Waals surface area contributed by atoms with Crippen molar-refractivity contribution in [2.75, 3.05) is 13.2 Å². The first-order valence-corrected chi connectivity index (χ1v) is 5.76. The SMILES string of the molecule is O=C(O)C1CC(CCCCCF)CCN1. The second kappa shape index (κ2) is 6.77. The molecule has 1 fully saturated rings. The topological polar surface area (TPSA) is 49.3 Å². The highest BCUT2D eigenvalue weighted by Crippen LogP contribution is 2.22. The predicted octanol–water partition coefficient (Wildman–Crippen LogP) is 1.97. The van der Waals surface area contributed by atoms with Gasteiger partial charge in [0.25, 0.3) is 0 Å². The monoisotopic (exact) mass is 217 g/mol. The van der Waals surface area contributed by atoms with Crippen LogP contribution in [0, 0.1) is 5.92 Å². The zero-order chi connectivity index (χ0) is 11.1. The number of hydrogen-bond acceptors (Lipinski definition) is 2. The summed E-state index contributed by atoms with van der Waals surface area (Å²) in [6.45, 7) is 0.564. The molecule has 0 aromatic rings. The summed E-state index contributed by atoms with van der Waals surface area (Å²) in [5.74, 6) is -0.240. The van der Waals surface area contributed by atoms with Crippen LogP contribution in [0.25, 0.3) is 0 Å². The summed E-state index contributed by atoms with van der Waals surface area (Å²) in [6.07, 6.45) is 5.43. The number of unbranched alkanes of at least 4 members (excludes halogenated alkanes) is 2. The second-order valence-electron chi connectivity index (χ2n) is 4.27. The van der Waals surface area contributed by atoms with Gasteiger partial charge in [0.2, 0.25) is 0 Å². The van der Waals surface area contributed by atoms with Gasteiger partial charge >= 0.3 is 5.97 Å². The average molecular weight is 217 g/mol. The first kappa shape index (κ1) is 12.4. The van der Waals surface area contributed by atoms with Gasteiger partial charge in [-0.1, -0.05) is 19.3 Å². The van der Waals surface area contributed by atoms with Crippen LogP contribution in [0.3, 0.4) is 0 Å². The van der Waals surface area contributed by atoms with Crippen molar-refractivity contribution in [1.29, 1.82) is 0 Å². The molecule has 2 unspecified atom stereocenters. The van der Waals surface area contributed by atoms with Crippen molar-refractivity contribution < 1.29 is 14.3 Å². The standard InChI is InChI=1S/C11H20FNO2/c12-6-3-1-2-4-9-5-7-13-10(8-9)11(14)15/h9-10,13H,1-8H2,(H,14,15). The number of carbonyl (C=O) groups is 1. The number of carboxylic acids is 1. The lowest BCUT2D eigenvalue weighted by Gasteiger charge is -2.27. The summed E-state index contributed by atoms with van der Waals surface area (Å²) in [5, 5.41) is 11.8. The van der Waals surface area contributed by atoms with Gasteiger partial charge in [0, 0.05) is 0 Å². The van der Waals surface area contributed by atoms with Gasteiger partial charge in [0.15, 0.2) is 0 Å². The molecule has 0 amide bonds. The van der Waals surface area contributed by atoms with Crippen LogP contribution in [0.2, 0.25) is 0 Å². The summed E-state index contributed by atoms with van der Waals surface area (Å²) in [7, 11) is 0. The van der Waals surface area contributed by atoms with Crippen LogP contribution >= 0.6 is 0 Å². The van der Waals surface area contributed by atoms with E-state index in [-0.39, 0.29) is 12.7 Å². The van der Waals surface area contributed by atoms with E-state index >= 15 is 0 Å². The molecule has 2 atom stereocenters. The van der Waals surface area contributed by atoms with Crippen LogP contribution in [0.15, 0.2) is 0 Å². The number of hydrogen-bond donors (Lipinski definition) is 2. The van der Waals surface area contributed by atoms with Gasteiger partial charge in [-0.3, -0.25) is 9.18 Å². The van der Waals surface area contributed by atoms with E-state index in [1.54, 1.807) is 0 Å². The number of halogens is 1. The van der Waals surface area contributed by atoms with Crippen molar-refractivity contribution >= 4 is 5.97 Å². The molecule has 1 aliphatic heterocycles. The molecule has 1 aliphatic rings. The normalized spacial score (nSPS) is 26.5. The van der Waals surface area contributed by atoms with Crippen LogP contribution in [-0.4, -0.2) is 30.3 Å². The van der Waals surface area contributed by atoms with Crippen LogP contribution in [0.4, 0.5) is 4.39 Å². The van der Waals surface area contributed by atoms with Crippen molar-refractivity contribution in [3.05, 3.63) is 0 Å². The van der Waals surface area contributed by atoms with Crippen LogP contribution in [0.1, 0.15) is 38.5 Å². The van der Waals surface area contributed by atoms with E-state index in [9.17, 15) is 9.18 Å². The quantitative estimate of drug-likeness (QED) is 0.669. The molecule has 1 heterocycles. The zero-order valence-electron chi connectivity index (χ0n) is 9.04. The second-order valence-corrected chi connectivity index (χ2v) is 4.27. The highest BCUT2D eigenvalue weighted by molar-refractivity contribution is 5.73. The van der Waals surface area contributed by atoms with E-state index < -0.39 is 5.97 Å². The lowest BCUT2D eigenvalue weighted by molar-refractivity contribution is -0.140. The van der Waals surface area contributed by atoms with Crippen LogP contribution in [0.5, 0.6) is 0 Å². The largest absolute Gasteiger partial charge is 0.480 e. The average Bonchev–Trinajstić information content (AvgIpc) is 2.25. The fourth-order valence-corrected chi connectivity index (χ4v) is 2.15. The first-order valence-electron chi connectivity index (χ1n) is 5.76. The lowest BCUT2D eigenvalue weighted by atomic mass is 9.88. The molecule has 0 aromatic heterocycles. The summed E-state index contributed by atoms with van der Waals surface area (Å²) in [6, 6.07) is -0.370. The summed E-state index contributed by atoms with van der Waals surface area (Å²) in [4.78, 5) is 10.8. The van der Waals surface area contributed by atoms with Crippen LogP contribution in [-0.2, 0) is 4.79 Å². The van der Waals surface area contributed by atoms with Gasteiger partial charge in [-0.15, -0.1) is 0 Å². The Morgan fingerprint density at radius 2 is 2.20 bits per heavy atom. The van der Waals surface area contributed by atoms with Gasteiger partial charge in [-0.2, -0.15) is 0 Å². The molecule has 15 heavy (non-hydrogen) atoms. The predicted molar refractivity (Wildman–Crippen MR) is 56.6 cm³/mol. The number of carboxylic acid groups (broad SMARTS) is 1. The van der Waals surface area contributed by atoms with E-state index in [1.807, 2.05) is 0 Å². The Hall–Kier alpha value is -0.640. The molecule has 3 nitrogen and oxygen atoms in total. The van der Waals surface area contributed by atoms with Crippen molar-refractivity contribution in [2.24, 2.45) is 5.92 Å². The Bertz CT molecular complexity index is 199. The molecule has 1 saturated heterocycles. The van der Waals surface area contributed by atoms with Crippen molar-refractivity contribution in [2.45, 2.75) is 44.6 Å². The lowest BCUT2D eigenvalue weighted by Crippen LogP contribution is -2.43. The van der Waals surface area contributed by atoms with E-state index in [0.29, 0.717) is 12.3 Å². The number of alkyl halides is 1. The van der Waals surface area contributed by atoms with Gasteiger partial charge < -0.3 is 10.4 Å². The minimum absolute atomic E-state index is 0.232. The van der Waals surface area contributed by atoms with Crippen molar-refractivity contribution in [1.82, 2.24) is 5.32 Å². The molecular formula is C11H20FNO2. The van der Waals surface area contributed by atoms with E-state index in [0.717, 1.165) is 38.6 Å². The van der Waals surface area contributed by atoms with Gasteiger partial charge in [0.1, 0.15) is 6.04 Å². The van der Waals surface area contributed by atoms with Gasteiger partial charge in [-0.05, 0) is 31.7 Å². The molecule has 0 aromatic carbocycles. The molecule has 0 bridgehead atoms. The Labute approximate surface area is 90.1 Å². The smallest absolute Gasteiger partial charge is 0.320 e. The summed E-state index contributed by atoms with van der Waals surface area (Å²) >= 11 is 0. The minimum atomic E-state index is -0.747. The van der Waals surface area contributed by atoms with Gasteiger partial charge in [0.05, 0.1) is 6.67 Å². The Morgan fingerprint density at radius 3 is 2.87 bits per heavy atom. The van der Waals surface area contributed by atoms with E-state index in [1.165, 1.54) is 0 Å². The minimum Gasteiger partial charge on any atom is -0.480 e. The van der Waals surface area contributed by atoms with E-state index in [4.69, 9.17) is 5.11 Å². The third kappa shape index (κ3) is 4.60. The number of rotatable bonds is 6. The van der Waals surface area contributed by atoms with Gasteiger partial charge in [-0.25, -0.2) is 0 Å². The number of aliphatic carboxylic acids is 1. The highest BCUT2D eigenvalue weighted by Gasteiger charge is 2.25. The van der Waals surface area contributed by atoms with Crippen molar-refractivity contribution in [3.8, 4) is 0 Å². The third-order valence-corrected chi connectivity index (χ3v) is 3.06. The number of nitrogens with one attached hydrogen (secondary N) is 1. The summed E-state index contributed by atoms with van der Waals surface area (Å²) < 4.78 is 11.8. The fraction of sp³-hybridized carbons (Fsp3) is 0.909. The molecule has 1 rings (SSSR count). The zero-order valence-corrected chi connectivity index (χ0v) is 9.04. The van der Waals surface area contributed by atoms with Crippen LogP contribution < -0.4 is 5.32 Å². The Morgan fingerprint density at radius 1 is 1.40 bits per heavy atom. The maximum Gasteiger partial charge on any atom is 0.320 e. The maximum absolute atomic E-state index is 11.8. The molecule has 4 heteroatoms. The number of piperidine rings is 1. The molecule has 0 radical (unpaired) electrons. The van der Waals surface area contributed by atoms with E-state index in [2.05, 4.69) is 5.32 Å². The maximum atomic E-state index is 11.8. The third-order valence-electron chi connectivity index (χ3n) is 3.06. The summed E-state index contributed by atoms with van der Waals surface area (Å²) in [5.41, 5.74) is 0. The molecular weight excluding hydrogens is 197 g/mol. The molecule has 2 N–H and O–H groups in total. The molecule has 0 aliphatic carbocycles.